The summed E-state index contributed by atoms with van der Waals surface area (Å²) in [5.41, 5.74) is 0.984. The SMILES string of the molecule is O=C(O)CCC1=CC(=O)CC1. The average molecular weight is 154 g/mol. The molecule has 0 aromatic heterocycles. The predicted molar refractivity (Wildman–Crippen MR) is 39.2 cm³/mol. The van der Waals surface area contributed by atoms with Crippen molar-refractivity contribution in [3.8, 4) is 0 Å². The first-order valence-corrected chi connectivity index (χ1v) is 3.62. The zero-order valence-corrected chi connectivity index (χ0v) is 6.17. The van der Waals surface area contributed by atoms with Crippen molar-refractivity contribution in [3.63, 3.8) is 0 Å². The lowest BCUT2D eigenvalue weighted by Gasteiger charge is -1.94. The Balaban J connectivity index is 2.33. The zero-order chi connectivity index (χ0) is 8.27. The Morgan fingerprint density at radius 3 is 2.73 bits per heavy atom. The Morgan fingerprint density at radius 2 is 2.27 bits per heavy atom. The molecule has 0 aromatic carbocycles. The van der Waals surface area contributed by atoms with Gasteiger partial charge >= 0.3 is 5.97 Å². The molecular weight excluding hydrogens is 144 g/mol. The number of carboxylic acid groups (broad SMARTS) is 1. The van der Waals surface area contributed by atoms with Crippen LogP contribution in [0.5, 0.6) is 0 Å². The molecule has 3 nitrogen and oxygen atoms in total. The van der Waals surface area contributed by atoms with E-state index in [-0.39, 0.29) is 12.2 Å². The number of aliphatic carboxylic acids is 1. The minimum Gasteiger partial charge on any atom is -0.481 e. The van der Waals surface area contributed by atoms with Crippen LogP contribution in [0.4, 0.5) is 0 Å². The second-order valence-electron chi connectivity index (χ2n) is 2.66. The maximum Gasteiger partial charge on any atom is 0.303 e. The summed E-state index contributed by atoms with van der Waals surface area (Å²) in [6.07, 6.45) is 3.56. The van der Waals surface area contributed by atoms with Crippen LogP contribution in [0, 0.1) is 0 Å². The molecular formula is C8H10O3. The number of ketones is 1. The number of hydrogen-bond donors (Lipinski definition) is 1. The largest absolute Gasteiger partial charge is 0.481 e. The highest BCUT2D eigenvalue weighted by atomic mass is 16.4. The van der Waals surface area contributed by atoms with Crippen LogP contribution in [0.3, 0.4) is 0 Å². The van der Waals surface area contributed by atoms with Crippen LogP contribution < -0.4 is 0 Å². The van der Waals surface area contributed by atoms with Gasteiger partial charge in [-0.05, 0) is 18.9 Å². The van der Waals surface area contributed by atoms with E-state index in [4.69, 9.17) is 5.11 Å². The molecule has 0 aliphatic heterocycles. The summed E-state index contributed by atoms with van der Waals surface area (Å²) in [4.78, 5) is 20.8. The van der Waals surface area contributed by atoms with E-state index in [0.29, 0.717) is 12.8 Å². The van der Waals surface area contributed by atoms with Gasteiger partial charge in [-0.2, -0.15) is 0 Å². The van der Waals surface area contributed by atoms with Crippen molar-refractivity contribution < 1.29 is 14.7 Å². The molecule has 11 heavy (non-hydrogen) atoms. The van der Waals surface area contributed by atoms with Crippen molar-refractivity contribution >= 4 is 11.8 Å². The van der Waals surface area contributed by atoms with E-state index in [0.717, 1.165) is 12.0 Å². The van der Waals surface area contributed by atoms with Crippen LogP contribution >= 0.6 is 0 Å². The number of rotatable bonds is 3. The Labute approximate surface area is 64.7 Å². The maximum atomic E-state index is 10.7. The first-order chi connectivity index (χ1) is 5.18. The smallest absolute Gasteiger partial charge is 0.303 e. The van der Waals surface area contributed by atoms with Gasteiger partial charge in [0.05, 0.1) is 0 Å². The molecule has 0 saturated carbocycles. The summed E-state index contributed by atoms with van der Waals surface area (Å²) in [6.45, 7) is 0. The van der Waals surface area contributed by atoms with Gasteiger partial charge in [0.2, 0.25) is 0 Å². The van der Waals surface area contributed by atoms with Crippen LogP contribution in [0.15, 0.2) is 11.6 Å². The molecule has 0 radical (unpaired) electrons. The molecule has 0 amide bonds. The van der Waals surface area contributed by atoms with Gasteiger partial charge in [0.1, 0.15) is 0 Å². The van der Waals surface area contributed by atoms with E-state index < -0.39 is 5.97 Å². The van der Waals surface area contributed by atoms with E-state index in [1.807, 2.05) is 0 Å². The van der Waals surface area contributed by atoms with Crippen molar-refractivity contribution in [1.29, 1.82) is 0 Å². The third-order valence-corrected chi connectivity index (χ3v) is 1.72. The zero-order valence-electron chi connectivity index (χ0n) is 6.17. The molecule has 3 heteroatoms. The summed E-state index contributed by atoms with van der Waals surface area (Å²) in [5.74, 6) is -0.671. The van der Waals surface area contributed by atoms with Crippen LogP contribution in [0.2, 0.25) is 0 Å². The summed E-state index contributed by atoms with van der Waals surface area (Å²) >= 11 is 0. The second kappa shape index (κ2) is 3.32. The van der Waals surface area contributed by atoms with Crippen LogP contribution in [-0.2, 0) is 9.59 Å². The molecule has 0 spiro atoms. The Hall–Kier alpha value is -1.12. The minimum absolute atomic E-state index is 0.130. The standard InChI is InChI=1S/C8H10O3/c9-7-3-1-6(5-7)2-4-8(10)11/h5H,1-4H2,(H,10,11). The van der Waals surface area contributed by atoms with E-state index in [1.54, 1.807) is 6.08 Å². The van der Waals surface area contributed by atoms with Crippen molar-refractivity contribution in [2.75, 3.05) is 0 Å². The fraction of sp³-hybridized carbons (Fsp3) is 0.500. The summed E-state index contributed by atoms with van der Waals surface area (Å²) in [6, 6.07) is 0. The summed E-state index contributed by atoms with van der Waals surface area (Å²) < 4.78 is 0. The van der Waals surface area contributed by atoms with Crippen molar-refractivity contribution in [2.24, 2.45) is 0 Å². The maximum absolute atomic E-state index is 10.7. The minimum atomic E-state index is -0.801. The van der Waals surface area contributed by atoms with E-state index in [9.17, 15) is 9.59 Å². The van der Waals surface area contributed by atoms with Crippen LogP contribution in [-0.4, -0.2) is 16.9 Å². The lowest BCUT2D eigenvalue weighted by Crippen LogP contribution is -1.94. The third kappa shape index (κ3) is 2.53. The Bertz CT molecular complexity index is 215. The van der Waals surface area contributed by atoms with Crippen molar-refractivity contribution in [2.45, 2.75) is 25.7 Å². The molecule has 60 valence electrons. The van der Waals surface area contributed by atoms with Gasteiger partial charge in [-0.15, -0.1) is 0 Å². The molecule has 0 saturated heterocycles. The fourth-order valence-corrected chi connectivity index (χ4v) is 1.12. The predicted octanol–water partition coefficient (Wildman–Crippen LogP) is 1.14. The Kier molecular flexibility index (Phi) is 2.41. The number of carbonyl (C=O) groups is 2. The monoisotopic (exact) mass is 154 g/mol. The van der Waals surface area contributed by atoms with Gasteiger partial charge in [-0.25, -0.2) is 0 Å². The summed E-state index contributed by atoms with van der Waals surface area (Å²) in [7, 11) is 0. The molecule has 1 aliphatic rings. The number of allylic oxidation sites excluding steroid dienone is 2. The summed E-state index contributed by atoms with van der Waals surface area (Å²) in [5, 5.41) is 8.33. The van der Waals surface area contributed by atoms with Crippen LogP contribution in [0.1, 0.15) is 25.7 Å². The second-order valence-corrected chi connectivity index (χ2v) is 2.66. The van der Waals surface area contributed by atoms with Gasteiger partial charge in [-0.1, -0.05) is 5.57 Å². The fourth-order valence-electron chi connectivity index (χ4n) is 1.12. The number of hydrogen-bond acceptors (Lipinski definition) is 2. The van der Waals surface area contributed by atoms with Crippen molar-refractivity contribution in [1.82, 2.24) is 0 Å². The van der Waals surface area contributed by atoms with Crippen molar-refractivity contribution in [3.05, 3.63) is 11.6 Å². The molecule has 1 aliphatic carbocycles. The highest BCUT2D eigenvalue weighted by Gasteiger charge is 2.12. The van der Waals surface area contributed by atoms with Gasteiger partial charge in [0.25, 0.3) is 0 Å². The number of carboxylic acids is 1. The highest BCUT2D eigenvalue weighted by molar-refractivity contribution is 5.93. The topological polar surface area (TPSA) is 54.4 Å². The Morgan fingerprint density at radius 1 is 1.55 bits per heavy atom. The molecule has 0 heterocycles. The van der Waals surface area contributed by atoms with Gasteiger partial charge in [-0.3, -0.25) is 9.59 Å². The van der Waals surface area contributed by atoms with Crippen LogP contribution in [0.25, 0.3) is 0 Å². The molecule has 1 N–H and O–H groups in total. The molecule has 1 rings (SSSR count). The van der Waals surface area contributed by atoms with Gasteiger partial charge in [0, 0.05) is 12.8 Å². The lowest BCUT2D eigenvalue weighted by molar-refractivity contribution is -0.137. The first kappa shape index (κ1) is 7.98. The first-order valence-electron chi connectivity index (χ1n) is 3.62. The molecule has 0 aromatic rings. The van der Waals surface area contributed by atoms with Gasteiger partial charge < -0.3 is 5.11 Å². The van der Waals surface area contributed by atoms with E-state index >= 15 is 0 Å². The quantitative estimate of drug-likeness (QED) is 0.663. The lowest BCUT2D eigenvalue weighted by atomic mass is 10.1. The average Bonchev–Trinajstić information content (AvgIpc) is 2.31. The van der Waals surface area contributed by atoms with Gasteiger partial charge in [0.15, 0.2) is 5.78 Å². The molecule has 0 unspecified atom stereocenters. The van der Waals surface area contributed by atoms with E-state index in [2.05, 4.69) is 0 Å². The molecule has 0 bridgehead atoms. The highest BCUT2D eigenvalue weighted by Crippen LogP contribution is 2.19. The van der Waals surface area contributed by atoms with E-state index in [1.165, 1.54) is 0 Å². The molecule has 0 fully saturated rings. The third-order valence-electron chi connectivity index (χ3n) is 1.72. The number of carbonyl (C=O) groups excluding carboxylic acids is 1. The molecule has 0 atom stereocenters. The normalized spacial score (nSPS) is 16.7.